The number of ketones is 2. The molecule has 3 rings (SSSR count). The fourth-order valence-electron chi connectivity index (χ4n) is 2.49. The van der Waals surface area contributed by atoms with Crippen LogP contribution in [0, 0.1) is 6.92 Å². The molecule has 0 bridgehead atoms. The number of phenolic OH excluding ortho intramolecular Hbond substituents is 1. The molecule has 4 nitrogen and oxygen atoms in total. The number of fused-ring (bicyclic) bond motifs is 1. The normalized spacial score (nSPS) is 10.9. The second kappa shape index (κ2) is 5.66. The number of Topliss-reactive ketones (excluding diaryl/α,β-unsaturated/α-hetero) is 1. The van der Waals surface area contributed by atoms with Gasteiger partial charge in [-0.2, -0.15) is 0 Å². The zero-order chi connectivity index (χ0) is 16.7. The summed E-state index contributed by atoms with van der Waals surface area (Å²) in [7, 11) is 0. The summed E-state index contributed by atoms with van der Waals surface area (Å²) in [6, 6.07) is 9.91. The summed E-state index contributed by atoms with van der Waals surface area (Å²) in [4.78, 5) is 24.2. The number of carbonyl (C=O) groups is 2. The maximum absolute atomic E-state index is 12.6. The van der Waals surface area contributed by atoms with E-state index >= 15 is 0 Å². The van der Waals surface area contributed by atoms with Crippen LogP contribution in [0.5, 0.6) is 5.75 Å². The van der Waals surface area contributed by atoms with Crippen LogP contribution in [0.3, 0.4) is 0 Å². The van der Waals surface area contributed by atoms with Crippen molar-refractivity contribution in [3.63, 3.8) is 0 Å². The topological polar surface area (TPSA) is 67.5 Å². The lowest BCUT2D eigenvalue weighted by molar-refractivity contribution is 0.100. The lowest BCUT2D eigenvalue weighted by Crippen LogP contribution is -2.01. The third kappa shape index (κ3) is 2.68. The largest absolute Gasteiger partial charge is 0.507 e. The molecule has 0 fully saturated rings. The van der Waals surface area contributed by atoms with Gasteiger partial charge in [0.05, 0.1) is 5.56 Å². The van der Waals surface area contributed by atoms with Crippen LogP contribution in [0.15, 0.2) is 45.3 Å². The molecule has 0 radical (unpaired) electrons. The molecule has 1 heterocycles. The predicted octanol–water partition coefficient (Wildman–Crippen LogP) is 4.64. The van der Waals surface area contributed by atoms with E-state index in [0.29, 0.717) is 22.1 Å². The van der Waals surface area contributed by atoms with Crippen LogP contribution in [0.4, 0.5) is 0 Å². The minimum atomic E-state index is -0.245. The van der Waals surface area contributed by atoms with Gasteiger partial charge in [0.25, 0.3) is 0 Å². The fourth-order valence-corrected chi connectivity index (χ4v) is 2.75. The van der Waals surface area contributed by atoms with Gasteiger partial charge >= 0.3 is 0 Å². The van der Waals surface area contributed by atoms with Crippen molar-refractivity contribution in [2.24, 2.45) is 0 Å². The fraction of sp³-hybridized carbons (Fsp3) is 0.111. The Morgan fingerprint density at radius 1 is 1.13 bits per heavy atom. The number of hydrogen-bond donors (Lipinski definition) is 1. The molecule has 0 amide bonds. The maximum atomic E-state index is 12.6. The van der Waals surface area contributed by atoms with Gasteiger partial charge in [-0.15, -0.1) is 0 Å². The summed E-state index contributed by atoms with van der Waals surface area (Å²) in [6.07, 6.45) is 0. The first-order valence-electron chi connectivity index (χ1n) is 6.96. The highest BCUT2D eigenvalue weighted by Gasteiger charge is 2.21. The molecule has 0 saturated heterocycles. The predicted molar refractivity (Wildman–Crippen MR) is 90.2 cm³/mol. The number of halogens is 1. The van der Waals surface area contributed by atoms with Crippen molar-refractivity contribution in [3.05, 3.63) is 63.3 Å². The quantitative estimate of drug-likeness (QED) is 0.679. The van der Waals surface area contributed by atoms with E-state index in [4.69, 9.17) is 4.42 Å². The van der Waals surface area contributed by atoms with Gasteiger partial charge in [0, 0.05) is 27.1 Å². The van der Waals surface area contributed by atoms with Crippen LogP contribution in [-0.4, -0.2) is 16.7 Å². The highest BCUT2D eigenvalue weighted by Crippen LogP contribution is 2.32. The average Bonchev–Trinajstić information content (AvgIpc) is 2.82. The van der Waals surface area contributed by atoms with Gasteiger partial charge in [-0.3, -0.25) is 9.59 Å². The average molecular weight is 373 g/mol. The van der Waals surface area contributed by atoms with Gasteiger partial charge in [-0.25, -0.2) is 0 Å². The number of hydrogen-bond acceptors (Lipinski definition) is 4. The lowest BCUT2D eigenvalue weighted by Gasteiger charge is -2.00. The number of rotatable bonds is 3. The van der Waals surface area contributed by atoms with Crippen molar-refractivity contribution in [1.82, 2.24) is 0 Å². The van der Waals surface area contributed by atoms with Crippen LogP contribution in [0.1, 0.15) is 39.0 Å². The smallest absolute Gasteiger partial charge is 0.228 e. The van der Waals surface area contributed by atoms with E-state index in [1.54, 1.807) is 37.3 Å². The standard InChI is InChI=1S/C18H13BrO4/c1-9-13-7-14(10(2)20)15(21)8-16(13)23-18(9)17(22)11-3-5-12(19)6-4-11/h3-8,21H,1-2H3. The summed E-state index contributed by atoms with van der Waals surface area (Å²) >= 11 is 3.33. The van der Waals surface area contributed by atoms with Crippen molar-refractivity contribution in [1.29, 1.82) is 0 Å². The Labute approximate surface area is 140 Å². The zero-order valence-corrected chi connectivity index (χ0v) is 14.1. The Morgan fingerprint density at radius 3 is 2.39 bits per heavy atom. The molecule has 0 saturated carbocycles. The van der Waals surface area contributed by atoms with E-state index in [9.17, 15) is 14.7 Å². The Morgan fingerprint density at radius 2 is 1.78 bits per heavy atom. The number of phenols is 1. The monoisotopic (exact) mass is 372 g/mol. The molecule has 1 aromatic heterocycles. The lowest BCUT2D eigenvalue weighted by atomic mass is 10.0. The molecule has 1 N–H and O–H groups in total. The molecule has 0 aliphatic heterocycles. The summed E-state index contributed by atoms with van der Waals surface area (Å²) in [5.74, 6) is -0.426. The summed E-state index contributed by atoms with van der Waals surface area (Å²) in [5, 5.41) is 10.5. The Hall–Kier alpha value is -2.40. The Bertz CT molecular complexity index is 936. The van der Waals surface area contributed by atoms with Crippen LogP contribution in [0.25, 0.3) is 11.0 Å². The van der Waals surface area contributed by atoms with E-state index in [2.05, 4.69) is 15.9 Å². The second-order valence-corrected chi connectivity index (χ2v) is 6.23. The second-order valence-electron chi connectivity index (χ2n) is 5.31. The van der Waals surface area contributed by atoms with Gasteiger partial charge in [-0.1, -0.05) is 15.9 Å². The van der Waals surface area contributed by atoms with Crippen molar-refractivity contribution in [3.8, 4) is 5.75 Å². The van der Waals surface area contributed by atoms with E-state index in [1.165, 1.54) is 13.0 Å². The van der Waals surface area contributed by atoms with E-state index in [0.717, 1.165) is 4.47 Å². The van der Waals surface area contributed by atoms with Crippen LogP contribution < -0.4 is 0 Å². The molecule has 116 valence electrons. The Balaban J connectivity index is 2.15. The third-order valence-corrected chi connectivity index (χ3v) is 4.28. The first-order chi connectivity index (χ1) is 10.9. The molecule has 2 aromatic carbocycles. The van der Waals surface area contributed by atoms with E-state index in [-0.39, 0.29) is 28.6 Å². The first kappa shape index (κ1) is 15.5. The summed E-state index contributed by atoms with van der Waals surface area (Å²) in [5.41, 5.74) is 1.75. The molecule has 0 spiro atoms. The highest BCUT2D eigenvalue weighted by molar-refractivity contribution is 9.10. The number of benzene rings is 2. The van der Waals surface area contributed by atoms with Crippen LogP contribution in [-0.2, 0) is 0 Å². The molecule has 0 unspecified atom stereocenters. The van der Waals surface area contributed by atoms with Gasteiger partial charge in [0.2, 0.25) is 5.78 Å². The maximum Gasteiger partial charge on any atom is 0.228 e. The molecular weight excluding hydrogens is 360 g/mol. The minimum Gasteiger partial charge on any atom is -0.507 e. The van der Waals surface area contributed by atoms with Crippen molar-refractivity contribution < 1.29 is 19.1 Å². The van der Waals surface area contributed by atoms with Crippen molar-refractivity contribution in [2.45, 2.75) is 13.8 Å². The van der Waals surface area contributed by atoms with Gasteiger partial charge in [0.15, 0.2) is 11.5 Å². The van der Waals surface area contributed by atoms with Gasteiger partial charge < -0.3 is 9.52 Å². The van der Waals surface area contributed by atoms with Crippen molar-refractivity contribution >= 4 is 38.5 Å². The summed E-state index contributed by atoms with van der Waals surface area (Å²) in [6.45, 7) is 3.14. The molecule has 3 aromatic rings. The van der Waals surface area contributed by atoms with E-state index < -0.39 is 0 Å². The number of aromatic hydroxyl groups is 1. The first-order valence-corrected chi connectivity index (χ1v) is 7.75. The van der Waals surface area contributed by atoms with Crippen LogP contribution in [0.2, 0.25) is 0 Å². The Kier molecular flexibility index (Phi) is 3.82. The van der Waals surface area contributed by atoms with E-state index in [1.807, 2.05) is 0 Å². The van der Waals surface area contributed by atoms with Crippen molar-refractivity contribution in [2.75, 3.05) is 0 Å². The molecular formula is C18H13BrO4. The zero-order valence-electron chi connectivity index (χ0n) is 12.5. The van der Waals surface area contributed by atoms with Gasteiger partial charge in [0.1, 0.15) is 11.3 Å². The van der Waals surface area contributed by atoms with Gasteiger partial charge in [-0.05, 0) is 44.2 Å². The molecule has 23 heavy (non-hydrogen) atoms. The highest BCUT2D eigenvalue weighted by atomic mass is 79.9. The minimum absolute atomic E-state index is 0.151. The molecule has 5 heteroatoms. The number of carbonyl (C=O) groups excluding carboxylic acids is 2. The van der Waals surface area contributed by atoms with Crippen LogP contribution >= 0.6 is 15.9 Å². The SMILES string of the molecule is CC(=O)c1cc2c(C)c(C(=O)c3ccc(Br)cc3)oc2cc1O. The third-order valence-electron chi connectivity index (χ3n) is 3.75. The molecule has 0 atom stereocenters. The number of aryl methyl sites for hydroxylation is 1. The number of furan rings is 1. The summed E-state index contributed by atoms with van der Waals surface area (Å²) < 4.78 is 6.51. The molecule has 0 aliphatic carbocycles. The molecule has 0 aliphatic rings.